The Kier molecular flexibility index (Phi) is 7.81. The monoisotopic (exact) mass is 391 g/mol. The van der Waals surface area contributed by atoms with Gasteiger partial charge in [0, 0.05) is 17.4 Å². The molecule has 0 radical (unpaired) electrons. The number of hydrogen-bond donors (Lipinski definition) is 1. The van der Waals surface area contributed by atoms with Crippen LogP contribution in [0.25, 0.3) is 0 Å². The quantitative estimate of drug-likeness (QED) is 0.421. The molecule has 0 aliphatic carbocycles. The number of methoxy groups -OCH3 is 1. The SMILES string of the molecule is COc1cc(C=NN=C(N)SCc2ccccc2)c(Cl)cc1OC(C)C. The Bertz CT molecular complexity index is 780. The van der Waals surface area contributed by atoms with Gasteiger partial charge in [-0.3, -0.25) is 0 Å². The Morgan fingerprint density at radius 3 is 2.62 bits per heavy atom. The van der Waals surface area contributed by atoms with Crippen molar-refractivity contribution in [1.82, 2.24) is 0 Å². The van der Waals surface area contributed by atoms with Gasteiger partial charge in [-0.1, -0.05) is 53.7 Å². The van der Waals surface area contributed by atoms with Crippen LogP contribution < -0.4 is 15.2 Å². The van der Waals surface area contributed by atoms with Gasteiger partial charge in [-0.25, -0.2) is 0 Å². The molecule has 5 nitrogen and oxygen atoms in total. The van der Waals surface area contributed by atoms with E-state index < -0.39 is 0 Å². The first-order valence-electron chi connectivity index (χ1n) is 8.07. The fourth-order valence-electron chi connectivity index (χ4n) is 2.06. The second-order valence-electron chi connectivity index (χ2n) is 5.65. The maximum atomic E-state index is 6.29. The van der Waals surface area contributed by atoms with Crippen molar-refractivity contribution >= 4 is 34.7 Å². The maximum absolute atomic E-state index is 6.29. The molecule has 2 rings (SSSR count). The molecule has 0 saturated heterocycles. The second kappa shape index (κ2) is 10.1. The number of benzene rings is 2. The van der Waals surface area contributed by atoms with Gasteiger partial charge in [-0.15, -0.1) is 5.10 Å². The molecular weight excluding hydrogens is 370 g/mol. The molecule has 0 spiro atoms. The van der Waals surface area contributed by atoms with E-state index in [0.29, 0.717) is 27.3 Å². The minimum absolute atomic E-state index is 0.0190. The van der Waals surface area contributed by atoms with E-state index in [1.54, 1.807) is 25.5 Å². The highest BCUT2D eigenvalue weighted by Gasteiger charge is 2.11. The van der Waals surface area contributed by atoms with Gasteiger partial charge in [0.05, 0.1) is 24.5 Å². The number of ether oxygens (including phenoxy) is 2. The summed E-state index contributed by atoms with van der Waals surface area (Å²) in [6.45, 7) is 3.88. The number of hydrogen-bond acceptors (Lipinski definition) is 5. The fourth-order valence-corrected chi connectivity index (χ4v) is 2.88. The molecule has 7 heteroatoms. The van der Waals surface area contributed by atoms with Crippen molar-refractivity contribution in [1.29, 1.82) is 0 Å². The van der Waals surface area contributed by atoms with E-state index >= 15 is 0 Å². The van der Waals surface area contributed by atoms with Gasteiger partial charge < -0.3 is 15.2 Å². The molecular formula is C19H22ClN3O2S. The van der Waals surface area contributed by atoms with Crippen LogP contribution in [0.5, 0.6) is 11.5 Å². The Labute approximate surface area is 163 Å². The average Bonchev–Trinajstić information content (AvgIpc) is 2.62. The zero-order valence-electron chi connectivity index (χ0n) is 15.0. The minimum atomic E-state index is 0.0190. The Hall–Kier alpha value is -2.18. The van der Waals surface area contributed by atoms with Crippen LogP contribution in [0.4, 0.5) is 0 Å². The number of nitrogens with zero attached hydrogens (tertiary/aromatic N) is 2. The van der Waals surface area contributed by atoms with Crippen LogP contribution in [0.15, 0.2) is 52.7 Å². The first-order valence-corrected chi connectivity index (χ1v) is 9.43. The third-order valence-corrected chi connectivity index (χ3v) is 4.41. The lowest BCUT2D eigenvalue weighted by Crippen LogP contribution is -2.07. The van der Waals surface area contributed by atoms with Crippen molar-refractivity contribution in [2.75, 3.05) is 7.11 Å². The normalized spacial score (nSPS) is 12.0. The summed E-state index contributed by atoms with van der Waals surface area (Å²) >= 11 is 7.71. The molecule has 0 fully saturated rings. The summed E-state index contributed by atoms with van der Waals surface area (Å²) < 4.78 is 11.0. The van der Waals surface area contributed by atoms with Gasteiger partial charge in [0.25, 0.3) is 0 Å². The molecule has 0 aromatic heterocycles. The summed E-state index contributed by atoms with van der Waals surface area (Å²) in [5.74, 6) is 1.91. The predicted octanol–water partition coefficient (Wildman–Crippen LogP) is 4.72. The highest BCUT2D eigenvalue weighted by molar-refractivity contribution is 8.13. The van der Waals surface area contributed by atoms with Crippen molar-refractivity contribution in [2.45, 2.75) is 25.7 Å². The van der Waals surface area contributed by atoms with E-state index in [-0.39, 0.29) is 6.10 Å². The van der Waals surface area contributed by atoms with Gasteiger partial charge in [-0.05, 0) is 25.5 Å². The van der Waals surface area contributed by atoms with E-state index in [4.69, 9.17) is 26.8 Å². The molecule has 0 saturated carbocycles. The van der Waals surface area contributed by atoms with Gasteiger partial charge in [-0.2, -0.15) is 5.10 Å². The van der Waals surface area contributed by atoms with Crippen LogP contribution in [0, 0.1) is 0 Å². The smallest absolute Gasteiger partial charge is 0.180 e. The van der Waals surface area contributed by atoms with E-state index in [9.17, 15) is 0 Å². The van der Waals surface area contributed by atoms with Crippen molar-refractivity contribution < 1.29 is 9.47 Å². The first kappa shape index (κ1) is 20.1. The van der Waals surface area contributed by atoms with Crippen LogP contribution in [0.2, 0.25) is 5.02 Å². The highest BCUT2D eigenvalue weighted by Crippen LogP contribution is 2.33. The number of nitrogens with two attached hydrogens (primary N) is 1. The summed E-state index contributed by atoms with van der Waals surface area (Å²) in [4.78, 5) is 0. The topological polar surface area (TPSA) is 69.2 Å². The molecule has 0 unspecified atom stereocenters. The van der Waals surface area contributed by atoms with Crippen molar-refractivity contribution in [3.05, 3.63) is 58.6 Å². The lowest BCUT2D eigenvalue weighted by Gasteiger charge is -2.14. The molecule has 138 valence electrons. The molecule has 0 heterocycles. The third-order valence-electron chi connectivity index (χ3n) is 3.23. The summed E-state index contributed by atoms with van der Waals surface area (Å²) in [5, 5.41) is 8.89. The molecule has 2 aromatic rings. The minimum Gasteiger partial charge on any atom is -0.493 e. The van der Waals surface area contributed by atoms with Gasteiger partial charge >= 0.3 is 0 Å². The Morgan fingerprint density at radius 2 is 1.96 bits per heavy atom. The average molecular weight is 392 g/mol. The number of halogens is 1. The van der Waals surface area contributed by atoms with Crippen LogP contribution >= 0.6 is 23.4 Å². The van der Waals surface area contributed by atoms with Crippen LogP contribution in [0.1, 0.15) is 25.0 Å². The van der Waals surface area contributed by atoms with Gasteiger partial charge in [0.1, 0.15) is 0 Å². The fraction of sp³-hybridized carbons (Fsp3) is 0.263. The lowest BCUT2D eigenvalue weighted by atomic mass is 10.2. The Balaban J connectivity index is 2.04. The first-order chi connectivity index (χ1) is 12.5. The summed E-state index contributed by atoms with van der Waals surface area (Å²) in [7, 11) is 1.58. The molecule has 0 aliphatic heterocycles. The molecule has 2 N–H and O–H groups in total. The molecule has 0 bridgehead atoms. The summed E-state index contributed by atoms with van der Waals surface area (Å²) in [6, 6.07) is 13.5. The molecule has 0 aliphatic rings. The summed E-state index contributed by atoms with van der Waals surface area (Å²) in [5.41, 5.74) is 7.73. The lowest BCUT2D eigenvalue weighted by molar-refractivity contribution is 0.230. The van der Waals surface area contributed by atoms with Crippen molar-refractivity contribution in [2.24, 2.45) is 15.9 Å². The molecule has 0 atom stereocenters. The van der Waals surface area contributed by atoms with Crippen LogP contribution in [0.3, 0.4) is 0 Å². The zero-order chi connectivity index (χ0) is 18.9. The van der Waals surface area contributed by atoms with Crippen molar-refractivity contribution in [3.63, 3.8) is 0 Å². The maximum Gasteiger partial charge on any atom is 0.180 e. The second-order valence-corrected chi connectivity index (χ2v) is 7.05. The van der Waals surface area contributed by atoms with E-state index in [2.05, 4.69) is 10.2 Å². The molecule has 0 amide bonds. The zero-order valence-corrected chi connectivity index (χ0v) is 16.6. The Morgan fingerprint density at radius 1 is 1.23 bits per heavy atom. The number of rotatable bonds is 7. The predicted molar refractivity (Wildman–Crippen MR) is 111 cm³/mol. The van der Waals surface area contributed by atoms with Crippen molar-refractivity contribution in [3.8, 4) is 11.5 Å². The van der Waals surface area contributed by atoms with Crippen LogP contribution in [-0.4, -0.2) is 24.6 Å². The largest absolute Gasteiger partial charge is 0.493 e. The van der Waals surface area contributed by atoms with Gasteiger partial charge in [0.15, 0.2) is 16.7 Å². The van der Waals surface area contributed by atoms with E-state index in [1.807, 2.05) is 44.2 Å². The molecule has 26 heavy (non-hydrogen) atoms. The van der Waals surface area contributed by atoms with E-state index in [0.717, 1.165) is 5.75 Å². The standard InChI is InChI=1S/C19H22ClN3O2S/c1-13(2)25-18-10-16(20)15(9-17(18)24-3)11-22-23-19(21)26-12-14-7-5-4-6-8-14/h4-11,13H,12H2,1-3H3,(H2,21,23). The number of thioether (sulfide) groups is 1. The summed E-state index contributed by atoms with van der Waals surface area (Å²) in [6.07, 6.45) is 1.56. The number of amidine groups is 1. The van der Waals surface area contributed by atoms with Crippen LogP contribution in [-0.2, 0) is 5.75 Å². The van der Waals surface area contributed by atoms with Gasteiger partial charge in [0.2, 0.25) is 0 Å². The third kappa shape index (κ3) is 6.28. The highest BCUT2D eigenvalue weighted by atomic mass is 35.5. The van der Waals surface area contributed by atoms with E-state index in [1.165, 1.54) is 17.3 Å². The molecule has 2 aromatic carbocycles.